The summed E-state index contributed by atoms with van der Waals surface area (Å²) in [4.78, 5) is 8.54. The summed E-state index contributed by atoms with van der Waals surface area (Å²) in [6, 6.07) is 0. The van der Waals surface area contributed by atoms with Crippen LogP contribution in [0.15, 0.2) is 0 Å². The summed E-state index contributed by atoms with van der Waals surface area (Å²) in [5.74, 6) is 1.65. The Balaban J connectivity index is 3.26. The smallest absolute Gasteiger partial charge is 0.112 e. The number of aromatic amines is 1. The fourth-order valence-corrected chi connectivity index (χ4v) is 2.44. The minimum Gasteiger partial charge on any atom is -0.345 e. The van der Waals surface area contributed by atoms with Crippen molar-refractivity contribution in [2.45, 2.75) is 85.0 Å². The van der Waals surface area contributed by atoms with Crippen molar-refractivity contribution in [3.63, 3.8) is 0 Å². The third kappa shape index (κ3) is 3.15. The lowest BCUT2D eigenvalue weighted by Crippen LogP contribution is -2.19. The van der Waals surface area contributed by atoms with Crippen LogP contribution in [0.25, 0.3) is 0 Å². The number of hydrogen-bond acceptors (Lipinski definition) is 1. The molecule has 0 amide bonds. The summed E-state index contributed by atoms with van der Waals surface area (Å²) in [6.07, 6.45) is 2.36. The van der Waals surface area contributed by atoms with Crippen LogP contribution in [0.1, 0.15) is 91.4 Å². The van der Waals surface area contributed by atoms with Crippen LogP contribution in [0.3, 0.4) is 0 Å². The molecule has 0 aliphatic carbocycles. The van der Waals surface area contributed by atoms with E-state index in [4.69, 9.17) is 4.98 Å². The van der Waals surface area contributed by atoms with Gasteiger partial charge in [-0.25, -0.2) is 4.98 Å². The van der Waals surface area contributed by atoms with Gasteiger partial charge in [-0.05, 0) is 12.3 Å². The highest BCUT2D eigenvalue weighted by Gasteiger charge is 2.29. The summed E-state index contributed by atoms with van der Waals surface area (Å²) >= 11 is 0. The van der Waals surface area contributed by atoms with Gasteiger partial charge in [-0.1, -0.05) is 61.8 Å². The Kier molecular flexibility index (Phi) is 4.30. The zero-order valence-corrected chi connectivity index (χ0v) is 13.4. The Morgan fingerprint density at radius 3 is 2.00 bits per heavy atom. The molecule has 18 heavy (non-hydrogen) atoms. The van der Waals surface area contributed by atoms with Crippen molar-refractivity contribution in [2.24, 2.45) is 0 Å². The lowest BCUT2D eigenvalue weighted by molar-refractivity contribution is 0.445. The highest BCUT2D eigenvalue weighted by atomic mass is 15.0. The van der Waals surface area contributed by atoms with Crippen LogP contribution in [0.2, 0.25) is 0 Å². The summed E-state index contributed by atoms with van der Waals surface area (Å²) in [7, 11) is 0. The van der Waals surface area contributed by atoms with E-state index >= 15 is 0 Å². The Labute approximate surface area is 113 Å². The predicted molar refractivity (Wildman–Crippen MR) is 79.3 cm³/mol. The van der Waals surface area contributed by atoms with E-state index in [-0.39, 0.29) is 10.8 Å². The fraction of sp³-hybridized carbons (Fsp3) is 0.812. The van der Waals surface area contributed by atoms with Gasteiger partial charge in [-0.2, -0.15) is 0 Å². The van der Waals surface area contributed by atoms with Crippen molar-refractivity contribution in [1.82, 2.24) is 9.97 Å². The van der Waals surface area contributed by atoms with Gasteiger partial charge in [0.25, 0.3) is 0 Å². The van der Waals surface area contributed by atoms with E-state index in [0.717, 1.165) is 5.82 Å². The molecule has 0 radical (unpaired) electrons. The normalized spacial score (nSPS) is 13.4. The van der Waals surface area contributed by atoms with Crippen LogP contribution < -0.4 is 0 Å². The molecule has 1 aromatic heterocycles. The third-order valence-electron chi connectivity index (χ3n) is 3.54. The van der Waals surface area contributed by atoms with Gasteiger partial charge in [0.2, 0.25) is 0 Å². The highest BCUT2D eigenvalue weighted by molar-refractivity contribution is 5.27. The van der Waals surface area contributed by atoms with Gasteiger partial charge in [0.05, 0.1) is 5.69 Å². The first-order chi connectivity index (χ1) is 8.09. The lowest BCUT2D eigenvalue weighted by atomic mass is 9.87. The Morgan fingerprint density at radius 2 is 1.67 bits per heavy atom. The fourth-order valence-electron chi connectivity index (χ4n) is 2.44. The van der Waals surface area contributed by atoms with Crippen LogP contribution in [0.4, 0.5) is 0 Å². The molecule has 0 spiro atoms. The average Bonchev–Trinajstić information content (AvgIpc) is 2.61. The molecule has 0 aliphatic rings. The topological polar surface area (TPSA) is 28.7 Å². The molecule has 1 heterocycles. The van der Waals surface area contributed by atoms with Crippen LogP contribution >= 0.6 is 0 Å². The van der Waals surface area contributed by atoms with Crippen molar-refractivity contribution in [3.8, 4) is 0 Å². The Morgan fingerprint density at radius 1 is 1.11 bits per heavy atom. The molecule has 1 N–H and O–H groups in total. The molecule has 0 aliphatic heterocycles. The number of hydrogen-bond donors (Lipinski definition) is 1. The van der Waals surface area contributed by atoms with E-state index in [2.05, 4.69) is 60.4 Å². The highest BCUT2D eigenvalue weighted by Crippen LogP contribution is 2.33. The Bertz CT molecular complexity index is 392. The van der Waals surface area contributed by atoms with Crippen molar-refractivity contribution in [1.29, 1.82) is 0 Å². The molecule has 0 unspecified atom stereocenters. The number of imidazole rings is 1. The van der Waals surface area contributed by atoms with Gasteiger partial charge >= 0.3 is 0 Å². The molecular weight excluding hydrogens is 220 g/mol. The molecule has 2 heteroatoms. The number of rotatable bonds is 4. The number of nitrogens with one attached hydrogen (secondary N) is 1. The maximum absolute atomic E-state index is 4.94. The van der Waals surface area contributed by atoms with Gasteiger partial charge in [0.15, 0.2) is 0 Å². The van der Waals surface area contributed by atoms with E-state index in [1.807, 2.05) is 0 Å². The summed E-state index contributed by atoms with van der Waals surface area (Å²) in [5.41, 5.74) is 2.79. The molecule has 0 saturated heterocycles. The van der Waals surface area contributed by atoms with Gasteiger partial charge < -0.3 is 4.98 Å². The van der Waals surface area contributed by atoms with Crippen molar-refractivity contribution in [3.05, 3.63) is 17.2 Å². The quantitative estimate of drug-likeness (QED) is 0.808. The van der Waals surface area contributed by atoms with E-state index in [9.17, 15) is 0 Å². The van der Waals surface area contributed by atoms with Crippen molar-refractivity contribution < 1.29 is 0 Å². The number of nitrogens with zero attached hydrogens (tertiary/aromatic N) is 1. The standard InChI is InChI=1S/C16H30N2/c1-9-10-16(7,8)14-17-12(11(2)3)13(18-14)15(4,5)6/h11H,9-10H2,1-8H3,(H,17,18). The summed E-state index contributed by atoms with van der Waals surface area (Å²) < 4.78 is 0. The largest absolute Gasteiger partial charge is 0.345 e. The third-order valence-corrected chi connectivity index (χ3v) is 3.54. The minimum atomic E-state index is 0.108. The zero-order chi connectivity index (χ0) is 14.1. The molecular formula is C16H30N2. The van der Waals surface area contributed by atoms with E-state index in [1.165, 1.54) is 24.2 Å². The van der Waals surface area contributed by atoms with Crippen LogP contribution in [-0.4, -0.2) is 9.97 Å². The second-order valence-corrected chi connectivity index (χ2v) is 7.39. The molecule has 0 fully saturated rings. The van der Waals surface area contributed by atoms with Crippen molar-refractivity contribution in [2.75, 3.05) is 0 Å². The Hall–Kier alpha value is -0.790. The van der Waals surface area contributed by atoms with E-state index < -0.39 is 0 Å². The molecule has 0 bridgehead atoms. The average molecular weight is 250 g/mol. The summed E-state index contributed by atoms with van der Waals surface area (Å²) in [5, 5.41) is 0. The maximum Gasteiger partial charge on any atom is 0.112 e. The van der Waals surface area contributed by atoms with E-state index in [0.29, 0.717) is 5.92 Å². The number of aromatic nitrogens is 2. The molecule has 2 nitrogen and oxygen atoms in total. The van der Waals surface area contributed by atoms with Gasteiger partial charge in [0, 0.05) is 16.5 Å². The molecule has 1 aromatic rings. The SMILES string of the molecule is CCCC(C)(C)c1nc(C(C)(C)C)c(C(C)C)[nH]1. The molecule has 0 atom stereocenters. The monoisotopic (exact) mass is 250 g/mol. The van der Waals surface area contributed by atoms with E-state index in [1.54, 1.807) is 0 Å². The number of H-pyrrole nitrogens is 1. The van der Waals surface area contributed by atoms with Crippen LogP contribution in [0.5, 0.6) is 0 Å². The minimum absolute atomic E-state index is 0.108. The molecule has 104 valence electrons. The van der Waals surface area contributed by atoms with Crippen LogP contribution in [0, 0.1) is 0 Å². The molecule has 0 aromatic carbocycles. The summed E-state index contributed by atoms with van der Waals surface area (Å²) in [6.45, 7) is 18.0. The van der Waals surface area contributed by atoms with Gasteiger partial charge in [0.1, 0.15) is 5.82 Å². The lowest BCUT2D eigenvalue weighted by Gasteiger charge is -2.21. The van der Waals surface area contributed by atoms with Crippen LogP contribution in [-0.2, 0) is 10.8 Å². The van der Waals surface area contributed by atoms with Gasteiger partial charge in [-0.15, -0.1) is 0 Å². The second kappa shape index (κ2) is 5.07. The van der Waals surface area contributed by atoms with Gasteiger partial charge in [-0.3, -0.25) is 0 Å². The first-order valence-corrected chi connectivity index (χ1v) is 7.20. The second-order valence-electron chi connectivity index (χ2n) is 7.39. The molecule has 1 rings (SSSR count). The first kappa shape index (κ1) is 15.3. The first-order valence-electron chi connectivity index (χ1n) is 7.20. The molecule has 0 saturated carbocycles. The predicted octanol–water partition coefficient (Wildman–Crippen LogP) is 4.91. The maximum atomic E-state index is 4.94. The van der Waals surface area contributed by atoms with Crippen molar-refractivity contribution >= 4 is 0 Å². The zero-order valence-electron chi connectivity index (χ0n) is 13.4.